The van der Waals surface area contributed by atoms with Gasteiger partial charge in [-0.1, -0.05) is 31.3 Å². The van der Waals surface area contributed by atoms with E-state index in [4.69, 9.17) is 10.9 Å². The van der Waals surface area contributed by atoms with Gasteiger partial charge in [-0.3, -0.25) is 0 Å². The zero-order valence-electron chi connectivity index (χ0n) is 9.93. The minimum atomic E-state index is -4.49. The van der Waals surface area contributed by atoms with Crippen LogP contribution in [0.2, 0.25) is 0 Å². The molecule has 1 unspecified atom stereocenters. The maximum Gasteiger partial charge on any atom is 0.400 e. The standard InChI is InChI=1S/C10H20F3N3O/c1-2-3-4-5-6-15-7-8(9(14)16-17)10(11,12)13/h8,15,17H,2-7H2,1H3,(H2,14,16). The molecule has 0 amide bonds. The van der Waals surface area contributed by atoms with Crippen molar-refractivity contribution in [1.29, 1.82) is 0 Å². The van der Waals surface area contributed by atoms with Gasteiger partial charge < -0.3 is 16.3 Å². The minimum absolute atomic E-state index is 0.356. The van der Waals surface area contributed by atoms with Crippen molar-refractivity contribution in [1.82, 2.24) is 5.32 Å². The number of amidine groups is 1. The number of hydrogen-bond donors (Lipinski definition) is 3. The Labute approximate surface area is 99.1 Å². The predicted octanol–water partition coefficient (Wildman–Crippen LogP) is 2.08. The van der Waals surface area contributed by atoms with Crippen molar-refractivity contribution in [3.8, 4) is 0 Å². The predicted molar refractivity (Wildman–Crippen MR) is 60.0 cm³/mol. The molecule has 102 valence electrons. The Kier molecular flexibility index (Phi) is 7.69. The van der Waals surface area contributed by atoms with Gasteiger partial charge in [-0.2, -0.15) is 13.2 Å². The highest BCUT2D eigenvalue weighted by atomic mass is 19.4. The van der Waals surface area contributed by atoms with Crippen LogP contribution in [-0.4, -0.2) is 30.3 Å². The van der Waals surface area contributed by atoms with Crippen LogP contribution < -0.4 is 11.1 Å². The van der Waals surface area contributed by atoms with Gasteiger partial charge in [0, 0.05) is 6.54 Å². The van der Waals surface area contributed by atoms with E-state index in [0.717, 1.165) is 25.7 Å². The highest BCUT2D eigenvalue weighted by molar-refractivity contribution is 5.83. The summed E-state index contributed by atoms with van der Waals surface area (Å²) in [7, 11) is 0. The third kappa shape index (κ3) is 7.04. The SMILES string of the molecule is CCCCCCNCC(C(N)=NO)C(F)(F)F. The van der Waals surface area contributed by atoms with Crippen LogP contribution in [0.5, 0.6) is 0 Å². The van der Waals surface area contributed by atoms with Gasteiger partial charge in [-0.05, 0) is 13.0 Å². The number of halogens is 3. The summed E-state index contributed by atoms with van der Waals surface area (Å²) in [6.07, 6.45) is -0.523. The molecule has 17 heavy (non-hydrogen) atoms. The van der Waals surface area contributed by atoms with Crippen LogP contribution in [-0.2, 0) is 0 Å². The molecule has 0 aromatic heterocycles. The van der Waals surface area contributed by atoms with E-state index in [0.29, 0.717) is 6.54 Å². The first-order chi connectivity index (χ1) is 7.93. The van der Waals surface area contributed by atoms with E-state index in [9.17, 15) is 13.2 Å². The molecule has 4 nitrogen and oxygen atoms in total. The first-order valence-corrected chi connectivity index (χ1v) is 5.68. The molecule has 0 aliphatic heterocycles. The fraction of sp³-hybridized carbons (Fsp3) is 0.900. The van der Waals surface area contributed by atoms with Crippen molar-refractivity contribution >= 4 is 5.84 Å². The number of alkyl halides is 3. The Hall–Kier alpha value is -0.980. The van der Waals surface area contributed by atoms with Gasteiger partial charge in [0.2, 0.25) is 0 Å². The minimum Gasteiger partial charge on any atom is -0.409 e. The molecule has 0 heterocycles. The van der Waals surface area contributed by atoms with Crippen molar-refractivity contribution < 1.29 is 18.4 Å². The third-order valence-corrected chi connectivity index (χ3v) is 2.42. The summed E-state index contributed by atoms with van der Waals surface area (Å²) in [4.78, 5) is 0. The molecule has 0 saturated heterocycles. The molecule has 0 aromatic carbocycles. The van der Waals surface area contributed by atoms with Gasteiger partial charge in [0.15, 0.2) is 5.84 Å². The molecule has 1 atom stereocenters. The molecular weight excluding hydrogens is 235 g/mol. The van der Waals surface area contributed by atoms with Gasteiger partial charge in [0.05, 0.1) is 0 Å². The van der Waals surface area contributed by atoms with Crippen LogP contribution in [0, 0.1) is 5.92 Å². The van der Waals surface area contributed by atoms with E-state index in [1.54, 1.807) is 0 Å². The molecule has 0 spiro atoms. The van der Waals surface area contributed by atoms with Gasteiger partial charge in [0.1, 0.15) is 5.92 Å². The van der Waals surface area contributed by atoms with E-state index in [-0.39, 0.29) is 6.54 Å². The number of nitrogens with two attached hydrogens (primary N) is 1. The zero-order chi connectivity index (χ0) is 13.3. The first kappa shape index (κ1) is 16.0. The highest BCUT2D eigenvalue weighted by Gasteiger charge is 2.42. The molecular formula is C10H20F3N3O. The number of hydrogen-bond acceptors (Lipinski definition) is 3. The quantitative estimate of drug-likeness (QED) is 0.204. The summed E-state index contributed by atoms with van der Waals surface area (Å²) >= 11 is 0. The lowest BCUT2D eigenvalue weighted by atomic mass is 10.1. The molecule has 0 fully saturated rings. The van der Waals surface area contributed by atoms with Gasteiger partial charge >= 0.3 is 6.18 Å². The maximum absolute atomic E-state index is 12.5. The molecule has 0 aliphatic carbocycles. The molecule has 4 N–H and O–H groups in total. The molecule has 0 aromatic rings. The summed E-state index contributed by atoms with van der Waals surface area (Å²) < 4.78 is 37.4. The van der Waals surface area contributed by atoms with Crippen molar-refractivity contribution in [2.45, 2.75) is 38.8 Å². The monoisotopic (exact) mass is 255 g/mol. The van der Waals surface area contributed by atoms with Crippen molar-refractivity contribution in [3.05, 3.63) is 0 Å². The van der Waals surface area contributed by atoms with Crippen molar-refractivity contribution in [2.75, 3.05) is 13.1 Å². The smallest absolute Gasteiger partial charge is 0.400 e. The van der Waals surface area contributed by atoms with Crippen molar-refractivity contribution in [3.63, 3.8) is 0 Å². The van der Waals surface area contributed by atoms with E-state index in [1.165, 1.54) is 0 Å². The lowest BCUT2D eigenvalue weighted by Crippen LogP contribution is -2.43. The van der Waals surface area contributed by atoms with Gasteiger partial charge in [-0.15, -0.1) is 0 Å². The summed E-state index contributed by atoms with van der Waals surface area (Å²) in [5.41, 5.74) is 5.01. The second kappa shape index (κ2) is 8.16. The Morgan fingerprint density at radius 1 is 1.35 bits per heavy atom. The first-order valence-electron chi connectivity index (χ1n) is 5.68. The molecule has 0 saturated carbocycles. The normalized spacial score (nSPS) is 14.9. The Morgan fingerprint density at radius 2 is 2.00 bits per heavy atom. The lowest BCUT2D eigenvalue weighted by Gasteiger charge is -2.19. The lowest BCUT2D eigenvalue weighted by molar-refractivity contribution is -0.154. The second-order valence-electron chi connectivity index (χ2n) is 3.88. The van der Waals surface area contributed by atoms with Gasteiger partial charge in [0.25, 0.3) is 0 Å². The summed E-state index contributed by atoms with van der Waals surface area (Å²) in [6, 6.07) is 0. The van der Waals surface area contributed by atoms with Crippen LogP contribution in [0.25, 0.3) is 0 Å². The fourth-order valence-electron chi connectivity index (χ4n) is 1.38. The fourth-order valence-corrected chi connectivity index (χ4v) is 1.38. The maximum atomic E-state index is 12.5. The molecule has 0 radical (unpaired) electrons. The number of oxime groups is 1. The van der Waals surface area contributed by atoms with E-state index >= 15 is 0 Å². The summed E-state index contributed by atoms with van der Waals surface area (Å²) in [5, 5.41) is 13.4. The molecule has 0 rings (SSSR count). The average molecular weight is 255 g/mol. The molecule has 0 aliphatic rings. The topological polar surface area (TPSA) is 70.6 Å². The van der Waals surface area contributed by atoms with Crippen LogP contribution in [0.4, 0.5) is 13.2 Å². The van der Waals surface area contributed by atoms with E-state index in [1.807, 2.05) is 0 Å². The van der Waals surface area contributed by atoms with Crippen LogP contribution in [0.1, 0.15) is 32.6 Å². The number of nitrogens with one attached hydrogen (secondary N) is 1. The van der Waals surface area contributed by atoms with Crippen LogP contribution in [0.3, 0.4) is 0 Å². The van der Waals surface area contributed by atoms with Gasteiger partial charge in [-0.25, -0.2) is 0 Å². The third-order valence-electron chi connectivity index (χ3n) is 2.42. The number of rotatable bonds is 8. The van der Waals surface area contributed by atoms with E-state index < -0.39 is 17.9 Å². The average Bonchev–Trinajstić information content (AvgIpc) is 2.25. The molecule has 7 heteroatoms. The van der Waals surface area contributed by atoms with Crippen LogP contribution in [0.15, 0.2) is 5.16 Å². The largest absolute Gasteiger partial charge is 0.409 e. The Balaban J connectivity index is 3.95. The second-order valence-corrected chi connectivity index (χ2v) is 3.88. The number of nitrogens with zero attached hydrogens (tertiary/aromatic N) is 1. The highest BCUT2D eigenvalue weighted by Crippen LogP contribution is 2.25. The van der Waals surface area contributed by atoms with E-state index in [2.05, 4.69) is 17.4 Å². The van der Waals surface area contributed by atoms with Crippen LogP contribution >= 0.6 is 0 Å². The Bertz CT molecular complexity index is 231. The molecule has 0 bridgehead atoms. The summed E-state index contributed by atoms with van der Waals surface area (Å²) in [5.74, 6) is -2.74. The summed E-state index contributed by atoms with van der Waals surface area (Å²) in [6.45, 7) is 2.21. The van der Waals surface area contributed by atoms with Crippen molar-refractivity contribution in [2.24, 2.45) is 16.8 Å². The number of unbranched alkanes of at least 4 members (excludes halogenated alkanes) is 3. The zero-order valence-corrected chi connectivity index (χ0v) is 9.93. The Morgan fingerprint density at radius 3 is 2.47 bits per heavy atom.